The molecule has 0 atom stereocenters. The van der Waals surface area contributed by atoms with Gasteiger partial charge in [-0.15, -0.1) is 0 Å². The van der Waals surface area contributed by atoms with Crippen LogP contribution in [-0.2, 0) is 0 Å². The monoisotopic (exact) mass is 279 g/mol. The smallest absolute Gasteiger partial charge is 0.183 e. The molecular formula is C16H17N5. The van der Waals surface area contributed by atoms with Crippen molar-refractivity contribution in [2.24, 2.45) is 0 Å². The molecule has 1 aliphatic rings. The van der Waals surface area contributed by atoms with Crippen LogP contribution in [0.15, 0.2) is 42.7 Å². The van der Waals surface area contributed by atoms with Gasteiger partial charge in [-0.05, 0) is 25.0 Å². The standard InChI is InChI=1S/C16H17N5/c17-12-15-16(19-9-8-18-15)21-10-6-14(7-11-21)20-13-4-2-1-3-5-13/h1-5,8-9,14,20H,6-7,10-11H2. The lowest BCUT2D eigenvalue weighted by Crippen LogP contribution is -2.40. The summed E-state index contributed by atoms with van der Waals surface area (Å²) < 4.78 is 0. The van der Waals surface area contributed by atoms with Crippen LogP contribution < -0.4 is 10.2 Å². The Morgan fingerprint density at radius 2 is 1.81 bits per heavy atom. The number of hydrogen-bond donors (Lipinski definition) is 1. The van der Waals surface area contributed by atoms with Gasteiger partial charge in [-0.1, -0.05) is 18.2 Å². The summed E-state index contributed by atoms with van der Waals surface area (Å²) in [5.41, 5.74) is 1.57. The van der Waals surface area contributed by atoms with Crippen molar-refractivity contribution in [2.75, 3.05) is 23.3 Å². The van der Waals surface area contributed by atoms with Crippen LogP contribution in [0.1, 0.15) is 18.5 Å². The van der Waals surface area contributed by atoms with Crippen molar-refractivity contribution >= 4 is 11.5 Å². The minimum atomic E-state index is 0.409. The minimum Gasteiger partial charge on any atom is -0.382 e. The molecule has 1 N–H and O–H groups in total. The summed E-state index contributed by atoms with van der Waals surface area (Å²) in [6, 6.07) is 12.8. The van der Waals surface area contributed by atoms with E-state index in [2.05, 4.69) is 38.4 Å². The highest BCUT2D eigenvalue weighted by molar-refractivity contribution is 5.50. The van der Waals surface area contributed by atoms with Crippen molar-refractivity contribution in [1.29, 1.82) is 5.26 Å². The number of benzene rings is 1. The van der Waals surface area contributed by atoms with Crippen LogP contribution in [0.5, 0.6) is 0 Å². The fraction of sp³-hybridized carbons (Fsp3) is 0.312. The van der Waals surface area contributed by atoms with Crippen LogP contribution in [0.3, 0.4) is 0 Å². The maximum Gasteiger partial charge on any atom is 0.183 e. The Balaban J connectivity index is 1.62. The van der Waals surface area contributed by atoms with Gasteiger partial charge in [0.05, 0.1) is 0 Å². The Kier molecular flexibility index (Phi) is 3.97. The molecule has 0 saturated carbocycles. The van der Waals surface area contributed by atoms with Gasteiger partial charge in [0, 0.05) is 37.2 Å². The molecule has 2 aromatic rings. The summed E-state index contributed by atoms with van der Waals surface area (Å²) >= 11 is 0. The lowest BCUT2D eigenvalue weighted by molar-refractivity contribution is 0.523. The molecule has 21 heavy (non-hydrogen) atoms. The number of rotatable bonds is 3. The van der Waals surface area contributed by atoms with E-state index in [1.165, 1.54) is 0 Å². The highest BCUT2D eigenvalue weighted by atomic mass is 15.2. The Hall–Kier alpha value is -2.61. The molecule has 0 unspecified atom stereocenters. The van der Waals surface area contributed by atoms with Crippen molar-refractivity contribution in [3.05, 3.63) is 48.4 Å². The molecule has 1 aromatic carbocycles. The highest BCUT2D eigenvalue weighted by Crippen LogP contribution is 2.21. The molecule has 0 radical (unpaired) electrons. The molecule has 5 heteroatoms. The Labute approximate surface area is 124 Å². The van der Waals surface area contributed by atoms with Gasteiger partial charge in [-0.3, -0.25) is 0 Å². The van der Waals surface area contributed by atoms with Crippen LogP contribution in [0, 0.1) is 11.3 Å². The van der Waals surface area contributed by atoms with Gasteiger partial charge in [-0.2, -0.15) is 5.26 Å². The third-order valence-corrected chi connectivity index (χ3v) is 3.72. The summed E-state index contributed by atoms with van der Waals surface area (Å²) in [7, 11) is 0. The van der Waals surface area contributed by atoms with E-state index in [0.29, 0.717) is 17.6 Å². The SMILES string of the molecule is N#Cc1nccnc1N1CCC(Nc2ccccc2)CC1. The van der Waals surface area contributed by atoms with Gasteiger partial charge >= 0.3 is 0 Å². The van der Waals surface area contributed by atoms with E-state index in [1.54, 1.807) is 12.4 Å². The Bertz CT molecular complexity index is 627. The number of anilines is 2. The van der Waals surface area contributed by atoms with Crippen molar-refractivity contribution in [1.82, 2.24) is 9.97 Å². The molecule has 106 valence electrons. The topological polar surface area (TPSA) is 64.8 Å². The number of hydrogen-bond acceptors (Lipinski definition) is 5. The van der Waals surface area contributed by atoms with E-state index < -0.39 is 0 Å². The number of nitrogens with one attached hydrogen (secondary N) is 1. The zero-order chi connectivity index (χ0) is 14.5. The summed E-state index contributed by atoms with van der Waals surface area (Å²) in [5.74, 6) is 0.707. The normalized spacial score (nSPS) is 15.5. The molecule has 0 bridgehead atoms. The van der Waals surface area contributed by atoms with Crippen LogP contribution in [-0.4, -0.2) is 29.1 Å². The number of nitrogens with zero attached hydrogens (tertiary/aromatic N) is 4. The summed E-state index contributed by atoms with van der Waals surface area (Å²) in [4.78, 5) is 10.5. The van der Waals surface area contributed by atoms with Crippen LogP contribution >= 0.6 is 0 Å². The number of para-hydroxylation sites is 1. The molecular weight excluding hydrogens is 262 g/mol. The van der Waals surface area contributed by atoms with E-state index in [-0.39, 0.29) is 0 Å². The number of nitriles is 1. The zero-order valence-electron chi connectivity index (χ0n) is 11.7. The molecule has 0 aliphatic carbocycles. The lowest BCUT2D eigenvalue weighted by atomic mass is 10.0. The average molecular weight is 279 g/mol. The number of piperidine rings is 1. The van der Waals surface area contributed by atoms with E-state index >= 15 is 0 Å². The van der Waals surface area contributed by atoms with Gasteiger partial charge in [0.15, 0.2) is 11.5 Å². The largest absolute Gasteiger partial charge is 0.382 e. The van der Waals surface area contributed by atoms with Gasteiger partial charge in [0.25, 0.3) is 0 Å². The van der Waals surface area contributed by atoms with Crippen LogP contribution in [0.2, 0.25) is 0 Å². The Morgan fingerprint density at radius 3 is 2.52 bits per heavy atom. The maximum absolute atomic E-state index is 9.10. The van der Waals surface area contributed by atoms with Crippen molar-refractivity contribution in [3.8, 4) is 6.07 Å². The quantitative estimate of drug-likeness (QED) is 0.934. The fourth-order valence-corrected chi connectivity index (χ4v) is 2.65. The average Bonchev–Trinajstić information content (AvgIpc) is 2.56. The van der Waals surface area contributed by atoms with E-state index in [0.717, 1.165) is 31.6 Å². The summed E-state index contributed by atoms with van der Waals surface area (Å²) in [6.45, 7) is 1.77. The first kappa shape index (κ1) is 13.4. The Morgan fingerprint density at radius 1 is 1.10 bits per heavy atom. The summed E-state index contributed by atoms with van der Waals surface area (Å²) in [6.07, 6.45) is 5.25. The lowest BCUT2D eigenvalue weighted by Gasteiger charge is -2.33. The predicted octanol–water partition coefficient (Wildman–Crippen LogP) is 2.43. The van der Waals surface area contributed by atoms with Gasteiger partial charge in [0.2, 0.25) is 0 Å². The zero-order valence-corrected chi connectivity index (χ0v) is 11.7. The van der Waals surface area contributed by atoms with E-state index in [4.69, 9.17) is 5.26 Å². The first-order chi connectivity index (χ1) is 10.4. The van der Waals surface area contributed by atoms with Gasteiger partial charge < -0.3 is 10.2 Å². The predicted molar refractivity (Wildman–Crippen MR) is 82.0 cm³/mol. The molecule has 1 aliphatic heterocycles. The molecule has 1 saturated heterocycles. The fourth-order valence-electron chi connectivity index (χ4n) is 2.65. The van der Waals surface area contributed by atoms with Crippen molar-refractivity contribution < 1.29 is 0 Å². The molecule has 0 spiro atoms. The molecule has 2 heterocycles. The van der Waals surface area contributed by atoms with E-state index in [1.807, 2.05) is 18.2 Å². The van der Waals surface area contributed by atoms with Crippen molar-refractivity contribution in [3.63, 3.8) is 0 Å². The van der Waals surface area contributed by atoms with E-state index in [9.17, 15) is 0 Å². The maximum atomic E-state index is 9.10. The third-order valence-electron chi connectivity index (χ3n) is 3.72. The first-order valence-electron chi connectivity index (χ1n) is 7.14. The van der Waals surface area contributed by atoms with Crippen molar-refractivity contribution in [2.45, 2.75) is 18.9 Å². The first-order valence-corrected chi connectivity index (χ1v) is 7.14. The van der Waals surface area contributed by atoms with Gasteiger partial charge in [-0.25, -0.2) is 9.97 Å². The second-order valence-corrected chi connectivity index (χ2v) is 5.11. The molecule has 1 fully saturated rings. The summed E-state index contributed by atoms with van der Waals surface area (Å²) in [5, 5.41) is 12.7. The molecule has 3 rings (SSSR count). The van der Waals surface area contributed by atoms with Crippen LogP contribution in [0.25, 0.3) is 0 Å². The second kappa shape index (κ2) is 6.23. The third kappa shape index (κ3) is 3.11. The van der Waals surface area contributed by atoms with Gasteiger partial charge in [0.1, 0.15) is 6.07 Å². The number of aromatic nitrogens is 2. The van der Waals surface area contributed by atoms with Crippen LogP contribution in [0.4, 0.5) is 11.5 Å². The second-order valence-electron chi connectivity index (χ2n) is 5.11. The molecule has 0 amide bonds. The molecule has 1 aromatic heterocycles. The highest BCUT2D eigenvalue weighted by Gasteiger charge is 2.22. The minimum absolute atomic E-state index is 0.409. The molecule has 5 nitrogen and oxygen atoms in total.